The van der Waals surface area contributed by atoms with Crippen molar-refractivity contribution >= 4 is 5.78 Å². The zero-order chi connectivity index (χ0) is 16.9. The Bertz CT molecular complexity index is 658. The van der Waals surface area contributed by atoms with Crippen molar-refractivity contribution in [3.05, 3.63) is 23.8 Å². The van der Waals surface area contributed by atoms with Crippen LogP contribution in [0.4, 0.5) is 0 Å². The maximum Gasteiger partial charge on any atom is 0.161 e. The molecule has 1 aromatic rings. The summed E-state index contributed by atoms with van der Waals surface area (Å²) in [5.74, 6) is 2.72. The molecule has 0 amide bonds. The number of likely N-dealkylation sites (tertiary alicyclic amines) is 1. The van der Waals surface area contributed by atoms with E-state index < -0.39 is 0 Å². The van der Waals surface area contributed by atoms with Gasteiger partial charge >= 0.3 is 0 Å². The molecule has 3 aliphatic carbocycles. The number of hydrogen-bond acceptors (Lipinski definition) is 4. The lowest BCUT2D eigenvalue weighted by Gasteiger charge is -2.48. The van der Waals surface area contributed by atoms with Crippen LogP contribution in [0.15, 0.2) is 18.2 Å². The Morgan fingerprint density at radius 2 is 1.96 bits per heavy atom. The first kappa shape index (κ1) is 15.9. The number of nitrogens with zero attached hydrogens (tertiary/aromatic N) is 1. The number of ether oxygens (including phenoxy) is 2. The van der Waals surface area contributed by atoms with Crippen molar-refractivity contribution in [3.63, 3.8) is 0 Å². The van der Waals surface area contributed by atoms with Gasteiger partial charge in [0, 0.05) is 23.8 Å². The number of carbonyl (C=O) groups is 1. The van der Waals surface area contributed by atoms with Gasteiger partial charge in [0.25, 0.3) is 0 Å². The standard InChI is InChI=1S/C20H27NO3/c1-21-10-9-20(14-7-8-17(23-2)18(12-14)24-3)13-5-4-6-15(19(20)21)16(22)11-13/h7-8,12-13,15,19H,4-6,9-11H2,1-3H3. The lowest BCUT2D eigenvalue weighted by atomic mass is 9.57. The molecular formula is C20H27NO3. The van der Waals surface area contributed by atoms with E-state index in [1.54, 1.807) is 14.2 Å². The van der Waals surface area contributed by atoms with Crippen molar-refractivity contribution in [1.29, 1.82) is 0 Å². The Labute approximate surface area is 144 Å². The Morgan fingerprint density at radius 3 is 2.71 bits per heavy atom. The Kier molecular flexibility index (Phi) is 3.83. The Balaban J connectivity index is 1.86. The summed E-state index contributed by atoms with van der Waals surface area (Å²) in [6, 6.07) is 6.73. The van der Waals surface area contributed by atoms with Gasteiger partial charge in [-0.3, -0.25) is 4.79 Å². The summed E-state index contributed by atoms with van der Waals surface area (Å²) in [4.78, 5) is 15.1. The molecule has 1 aliphatic heterocycles. The van der Waals surface area contributed by atoms with Crippen LogP contribution in [-0.4, -0.2) is 44.5 Å². The maximum absolute atomic E-state index is 12.7. The van der Waals surface area contributed by atoms with Crippen molar-refractivity contribution < 1.29 is 14.3 Å². The summed E-state index contributed by atoms with van der Waals surface area (Å²) in [7, 11) is 5.57. The van der Waals surface area contributed by atoms with Gasteiger partial charge in [0.15, 0.2) is 11.5 Å². The van der Waals surface area contributed by atoms with Crippen LogP contribution in [-0.2, 0) is 10.2 Å². The lowest BCUT2D eigenvalue weighted by molar-refractivity contribution is -0.130. The number of benzene rings is 1. The molecule has 1 aromatic carbocycles. The van der Waals surface area contributed by atoms with E-state index in [0.717, 1.165) is 37.3 Å². The molecule has 4 heteroatoms. The molecule has 24 heavy (non-hydrogen) atoms. The molecule has 130 valence electrons. The smallest absolute Gasteiger partial charge is 0.161 e. The van der Waals surface area contributed by atoms with E-state index in [4.69, 9.17) is 9.47 Å². The monoisotopic (exact) mass is 329 g/mol. The zero-order valence-electron chi connectivity index (χ0n) is 14.9. The first-order valence-corrected chi connectivity index (χ1v) is 9.07. The van der Waals surface area contributed by atoms with Crippen molar-refractivity contribution in [3.8, 4) is 11.5 Å². The maximum atomic E-state index is 12.7. The number of rotatable bonds is 3. The minimum Gasteiger partial charge on any atom is -0.493 e. The number of methoxy groups -OCH3 is 2. The summed E-state index contributed by atoms with van der Waals surface area (Å²) in [5.41, 5.74) is 1.42. The average molecular weight is 329 g/mol. The molecular weight excluding hydrogens is 302 g/mol. The highest BCUT2D eigenvalue weighted by Crippen LogP contribution is 2.57. The van der Waals surface area contributed by atoms with Gasteiger partial charge in [-0.2, -0.15) is 0 Å². The van der Waals surface area contributed by atoms with Crippen molar-refractivity contribution in [2.45, 2.75) is 43.6 Å². The van der Waals surface area contributed by atoms with Crippen LogP contribution in [0.1, 0.15) is 37.7 Å². The second-order valence-electron chi connectivity index (χ2n) is 7.69. The molecule has 2 bridgehead atoms. The topological polar surface area (TPSA) is 38.8 Å². The summed E-state index contributed by atoms with van der Waals surface area (Å²) in [5, 5.41) is 0. The minimum atomic E-state index is 0.0867. The number of carbonyl (C=O) groups excluding carboxylic acids is 1. The number of hydrogen-bond donors (Lipinski definition) is 0. The van der Waals surface area contributed by atoms with Crippen LogP contribution >= 0.6 is 0 Å². The van der Waals surface area contributed by atoms with E-state index in [1.807, 2.05) is 6.07 Å². The van der Waals surface area contributed by atoms with Crippen LogP contribution in [0.5, 0.6) is 11.5 Å². The first-order chi connectivity index (χ1) is 11.6. The van der Waals surface area contributed by atoms with Crippen LogP contribution < -0.4 is 9.47 Å². The van der Waals surface area contributed by atoms with Gasteiger partial charge in [0.05, 0.1) is 14.2 Å². The summed E-state index contributed by atoms with van der Waals surface area (Å²) < 4.78 is 11.0. The van der Waals surface area contributed by atoms with Gasteiger partial charge in [0.1, 0.15) is 5.78 Å². The normalized spacial score (nSPS) is 35.6. The third-order valence-corrected chi connectivity index (χ3v) is 6.84. The highest BCUT2D eigenvalue weighted by atomic mass is 16.5. The van der Waals surface area contributed by atoms with Crippen molar-refractivity contribution in [2.75, 3.05) is 27.8 Å². The second-order valence-corrected chi connectivity index (χ2v) is 7.69. The van der Waals surface area contributed by atoms with E-state index in [-0.39, 0.29) is 11.3 Å². The second kappa shape index (κ2) is 5.76. The molecule has 4 atom stereocenters. The number of Topliss-reactive ketones (excluding diaryl/α,β-unsaturated/α-hetero) is 1. The fraction of sp³-hybridized carbons (Fsp3) is 0.650. The SMILES string of the molecule is COc1ccc(C23CCN(C)C2C2CCCC3CC2=O)cc1OC. The predicted octanol–water partition coefficient (Wildman–Crippen LogP) is 3.03. The lowest BCUT2D eigenvalue weighted by Crippen LogP contribution is -2.55. The van der Waals surface area contributed by atoms with Gasteiger partial charge in [0.2, 0.25) is 0 Å². The zero-order valence-corrected chi connectivity index (χ0v) is 14.9. The number of fused-ring (bicyclic) bond motifs is 3. The fourth-order valence-electron chi connectivity index (χ4n) is 5.85. The molecule has 4 unspecified atom stereocenters. The Morgan fingerprint density at radius 1 is 1.17 bits per heavy atom. The van der Waals surface area contributed by atoms with Gasteiger partial charge in [-0.15, -0.1) is 0 Å². The molecule has 1 heterocycles. The molecule has 1 saturated heterocycles. The molecule has 0 spiro atoms. The minimum absolute atomic E-state index is 0.0867. The van der Waals surface area contributed by atoms with E-state index in [0.29, 0.717) is 17.7 Å². The van der Waals surface area contributed by atoms with Crippen molar-refractivity contribution in [2.24, 2.45) is 11.8 Å². The van der Waals surface area contributed by atoms with E-state index >= 15 is 0 Å². The molecule has 0 N–H and O–H groups in total. The number of ketones is 1. The molecule has 0 aromatic heterocycles. The summed E-state index contributed by atoms with van der Waals surface area (Å²) >= 11 is 0. The molecule has 4 aliphatic rings. The molecule has 4 nitrogen and oxygen atoms in total. The molecule has 3 saturated carbocycles. The highest BCUT2D eigenvalue weighted by Gasteiger charge is 2.60. The number of likely N-dealkylation sites (N-methyl/N-ethyl adjacent to an activating group) is 1. The van der Waals surface area contributed by atoms with E-state index in [2.05, 4.69) is 24.1 Å². The predicted molar refractivity (Wildman–Crippen MR) is 92.7 cm³/mol. The summed E-state index contributed by atoms with van der Waals surface area (Å²) in [6.07, 6.45) is 5.29. The van der Waals surface area contributed by atoms with E-state index in [1.165, 1.54) is 18.4 Å². The highest BCUT2D eigenvalue weighted by molar-refractivity contribution is 5.84. The quantitative estimate of drug-likeness (QED) is 0.854. The largest absolute Gasteiger partial charge is 0.493 e. The van der Waals surface area contributed by atoms with Gasteiger partial charge in [-0.1, -0.05) is 12.5 Å². The van der Waals surface area contributed by atoms with Gasteiger partial charge in [-0.05, 0) is 56.5 Å². The molecule has 5 rings (SSSR count). The third kappa shape index (κ3) is 2.05. The third-order valence-electron chi connectivity index (χ3n) is 6.84. The molecule has 4 fully saturated rings. The van der Waals surface area contributed by atoms with Crippen LogP contribution in [0.2, 0.25) is 0 Å². The van der Waals surface area contributed by atoms with Crippen LogP contribution in [0, 0.1) is 11.8 Å². The van der Waals surface area contributed by atoms with Gasteiger partial charge < -0.3 is 14.4 Å². The Hall–Kier alpha value is -1.55. The van der Waals surface area contributed by atoms with Crippen molar-refractivity contribution in [1.82, 2.24) is 4.90 Å². The average Bonchev–Trinajstić information content (AvgIpc) is 2.75. The first-order valence-electron chi connectivity index (χ1n) is 9.07. The van der Waals surface area contributed by atoms with Gasteiger partial charge in [-0.25, -0.2) is 0 Å². The van der Waals surface area contributed by atoms with Crippen LogP contribution in [0.25, 0.3) is 0 Å². The molecule has 0 radical (unpaired) electrons. The van der Waals surface area contributed by atoms with E-state index in [9.17, 15) is 4.79 Å². The summed E-state index contributed by atoms with van der Waals surface area (Å²) in [6.45, 7) is 1.07. The fourth-order valence-corrected chi connectivity index (χ4v) is 5.85. The van der Waals surface area contributed by atoms with Crippen LogP contribution in [0.3, 0.4) is 0 Å².